The highest BCUT2D eigenvalue weighted by Gasteiger charge is 2.27. The molecule has 0 bridgehead atoms. The predicted octanol–water partition coefficient (Wildman–Crippen LogP) is 2.06. The first kappa shape index (κ1) is 11.7. The third kappa shape index (κ3) is 2.39. The molecule has 1 fully saturated rings. The molecule has 8 heteroatoms. The van der Waals surface area contributed by atoms with Crippen molar-refractivity contribution in [2.45, 2.75) is 29.5 Å². The lowest BCUT2D eigenvalue weighted by molar-refractivity contribution is 0.0702. The maximum Gasteiger partial charge on any atom is 0.345 e. The van der Waals surface area contributed by atoms with Gasteiger partial charge in [-0.1, -0.05) is 0 Å². The zero-order valence-corrected chi connectivity index (χ0v) is 10.9. The van der Waals surface area contributed by atoms with E-state index in [1.165, 1.54) is 11.3 Å². The number of rotatable bonds is 5. The van der Waals surface area contributed by atoms with Crippen LogP contribution in [0.5, 0.6) is 0 Å². The Balaban J connectivity index is 1.66. The van der Waals surface area contributed by atoms with E-state index in [1.807, 2.05) is 10.1 Å². The summed E-state index contributed by atoms with van der Waals surface area (Å²) in [6, 6.07) is 2.15. The molecular formula is C10H10N4O2S2. The van der Waals surface area contributed by atoms with Crippen LogP contribution in [0.2, 0.25) is 0 Å². The molecule has 1 aliphatic rings. The van der Waals surface area contributed by atoms with Crippen molar-refractivity contribution in [2.75, 3.05) is 0 Å². The van der Waals surface area contributed by atoms with Crippen molar-refractivity contribution < 1.29 is 9.90 Å². The molecule has 1 saturated carbocycles. The predicted molar refractivity (Wildman–Crippen MR) is 66.9 cm³/mol. The molecule has 6 nitrogen and oxygen atoms in total. The average Bonchev–Trinajstić information content (AvgIpc) is 2.92. The number of thiophene rings is 1. The standard InChI is InChI=1S/C10H10N4O2S2/c15-10(16)8-3-7(4-18-8)17-5-9-11-12-13-14(9)6-1-2-6/h3-4,6H,1-2,5H2,(H,15,16). The first-order valence-corrected chi connectivity index (χ1v) is 7.32. The lowest BCUT2D eigenvalue weighted by Crippen LogP contribution is -2.02. The summed E-state index contributed by atoms with van der Waals surface area (Å²) in [6.07, 6.45) is 2.29. The minimum absolute atomic E-state index is 0.360. The lowest BCUT2D eigenvalue weighted by atomic mass is 10.5. The normalized spacial score (nSPS) is 14.9. The Kier molecular flexibility index (Phi) is 3.04. The van der Waals surface area contributed by atoms with Crippen molar-refractivity contribution in [3.63, 3.8) is 0 Å². The van der Waals surface area contributed by atoms with E-state index in [-0.39, 0.29) is 0 Å². The third-order valence-electron chi connectivity index (χ3n) is 2.61. The number of nitrogens with zero attached hydrogens (tertiary/aromatic N) is 4. The fraction of sp³-hybridized carbons (Fsp3) is 0.400. The molecule has 1 N–H and O–H groups in total. The molecule has 0 radical (unpaired) electrons. The highest BCUT2D eigenvalue weighted by atomic mass is 32.2. The van der Waals surface area contributed by atoms with E-state index in [0.717, 1.165) is 23.6 Å². The molecule has 2 heterocycles. The van der Waals surface area contributed by atoms with Crippen molar-refractivity contribution in [2.24, 2.45) is 0 Å². The highest BCUT2D eigenvalue weighted by molar-refractivity contribution is 7.98. The van der Waals surface area contributed by atoms with E-state index >= 15 is 0 Å². The average molecular weight is 282 g/mol. The van der Waals surface area contributed by atoms with E-state index in [2.05, 4.69) is 15.5 Å². The zero-order valence-electron chi connectivity index (χ0n) is 9.31. The van der Waals surface area contributed by atoms with Crippen LogP contribution in [0.4, 0.5) is 0 Å². The summed E-state index contributed by atoms with van der Waals surface area (Å²) < 4.78 is 1.87. The number of tetrazole rings is 1. The summed E-state index contributed by atoms with van der Waals surface area (Å²) in [7, 11) is 0. The second-order valence-corrected chi connectivity index (χ2v) is 5.97. The van der Waals surface area contributed by atoms with Crippen molar-refractivity contribution in [3.8, 4) is 0 Å². The van der Waals surface area contributed by atoms with Crippen LogP contribution in [-0.4, -0.2) is 31.3 Å². The molecule has 0 amide bonds. The summed E-state index contributed by atoms with van der Waals surface area (Å²) in [5, 5.41) is 22.4. The minimum atomic E-state index is -0.880. The molecule has 18 heavy (non-hydrogen) atoms. The number of hydrogen-bond donors (Lipinski definition) is 1. The largest absolute Gasteiger partial charge is 0.477 e. The number of hydrogen-bond acceptors (Lipinski definition) is 6. The first-order valence-electron chi connectivity index (χ1n) is 5.45. The zero-order chi connectivity index (χ0) is 12.5. The number of carbonyl (C=O) groups is 1. The van der Waals surface area contributed by atoms with Gasteiger partial charge in [-0.3, -0.25) is 0 Å². The molecule has 3 rings (SSSR count). The van der Waals surface area contributed by atoms with Gasteiger partial charge in [-0.15, -0.1) is 28.2 Å². The molecule has 0 aromatic carbocycles. The molecular weight excluding hydrogens is 272 g/mol. The van der Waals surface area contributed by atoms with Crippen LogP contribution in [0, 0.1) is 0 Å². The maximum atomic E-state index is 10.8. The molecule has 0 unspecified atom stereocenters. The van der Waals surface area contributed by atoms with Crippen LogP contribution >= 0.6 is 23.1 Å². The Bertz CT molecular complexity index is 576. The highest BCUT2D eigenvalue weighted by Crippen LogP contribution is 2.35. The van der Waals surface area contributed by atoms with E-state index in [1.54, 1.807) is 17.8 Å². The number of aromatic nitrogens is 4. The van der Waals surface area contributed by atoms with Crippen LogP contribution in [0.15, 0.2) is 16.3 Å². The van der Waals surface area contributed by atoms with Crippen LogP contribution in [0.25, 0.3) is 0 Å². The Morgan fingerprint density at radius 3 is 3.11 bits per heavy atom. The topological polar surface area (TPSA) is 80.9 Å². The van der Waals surface area contributed by atoms with Gasteiger partial charge in [0.1, 0.15) is 4.88 Å². The molecule has 94 valence electrons. The number of carboxylic acids is 1. The van der Waals surface area contributed by atoms with Gasteiger partial charge in [0.15, 0.2) is 5.82 Å². The Hall–Kier alpha value is -1.41. The number of carboxylic acid groups (broad SMARTS) is 1. The maximum absolute atomic E-state index is 10.8. The number of aromatic carboxylic acids is 1. The van der Waals surface area contributed by atoms with Gasteiger partial charge in [0.2, 0.25) is 0 Å². The Morgan fingerprint density at radius 2 is 2.44 bits per heavy atom. The van der Waals surface area contributed by atoms with Crippen molar-refractivity contribution >= 4 is 29.1 Å². The van der Waals surface area contributed by atoms with Crippen LogP contribution in [0.3, 0.4) is 0 Å². The first-order chi connectivity index (χ1) is 8.74. The minimum Gasteiger partial charge on any atom is -0.477 e. The lowest BCUT2D eigenvalue weighted by Gasteiger charge is -2.00. The van der Waals surface area contributed by atoms with E-state index in [4.69, 9.17) is 5.11 Å². The van der Waals surface area contributed by atoms with Gasteiger partial charge in [-0.2, -0.15) is 0 Å². The van der Waals surface area contributed by atoms with Gasteiger partial charge in [0.25, 0.3) is 0 Å². The summed E-state index contributed by atoms with van der Waals surface area (Å²) in [6.45, 7) is 0. The second kappa shape index (κ2) is 4.69. The fourth-order valence-electron chi connectivity index (χ4n) is 1.56. The van der Waals surface area contributed by atoms with Crippen LogP contribution in [-0.2, 0) is 5.75 Å². The molecule has 2 aromatic heterocycles. The van der Waals surface area contributed by atoms with Gasteiger partial charge < -0.3 is 5.11 Å². The second-order valence-electron chi connectivity index (χ2n) is 4.01. The third-order valence-corrected chi connectivity index (χ3v) is 4.65. The SMILES string of the molecule is O=C(O)c1cc(SCc2nnnn2C2CC2)cs1. The molecule has 1 aliphatic carbocycles. The van der Waals surface area contributed by atoms with Crippen LogP contribution in [0.1, 0.15) is 34.4 Å². The molecule has 0 aliphatic heterocycles. The summed E-state index contributed by atoms with van der Waals surface area (Å²) >= 11 is 2.80. The van der Waals surface area contributed by atoms with Gasteiger partial charge in [0, 0.05) is 10.3 Å². The van der Waals surface area contributed by atoms with E-state index < -0.39 is 5.97 Å². The van der Waals surface area contributed by atoms with Gasteiger partial charge in [-0.05, 0) is 29.3 Å². The monoisotopic (exact) mass is 282 g/mol. The summed E-state index contributed by atoms with van der Waals surface area (Å²) in [4.78, 5) is 12.1. The van der Waals surface area contributed by atoms with Gasteiger partial charge in [0.05, 0.1) is 11.8 Å². The smallest absolute Gasteiger partial charge is 0.345 e. The van der Waals surface area contributed by atoms with Crippen molar-refractivity contribution in [1.82, 2.24) is 20.2 Å². The van der Waals surface area contributed by atoms with Gasteiger partial charge in [-0.25, -0.2) is 9.48 Å². The quantitative estimate of drug-likeness (QED) is 0.845. The Labute approximate surface area is 111 Å². The van der Waals surface area contributed by atoms with Gasteiger partial charge >= 0.3 is 5.97 Å². The number of thioether (sulfide) groups is 1. The molecule has 0 saturated heterocycles. The van der Waals surface area contributed by atoms with E-state index in [9.17, 15) is 4.79 Å². The summed E-state index contributed by atoms with van der Waals surface area (Å²) in [5.74, 6) is 0.638. The summed E-state index contributed by atoms with van der Waals surface area (Å²) in [5.41, 5.74) is 0. The Morgan fingerprint density at radius 1 is 1.61 bits per heavy atom. The molecule has 0 atom stereocenters. The van der Waals surface area contributed by atoms with Crippen LogP contribution < -0.4 is 0 Å². The molecule has 2 aromatic rings. The fourth-order valence-corrected chi connectivity index (χ4v) is 3.35. The molecule has 0 spiro atoms. The van der Waals surface area contributed by atoms with Crippen molar-refractivity contribution in [3.05, 3.63) is 22.1 Å². The van der Waals surface area contributed by atoms with Crippen molar-refractivity contribution in [1.29, 1.82) is 0 Å². The van der Waals surface area contributed by atoms with E-state index in [0.29, 0.717) is 16.7 Å².